The summed E-state index contributed by atoms with van der Waals surface area (Å²) < 4.78 is 172. The van der Waals surface area contributed by atoms with Gasteiger partial charge in [-0.2, -0.15) is 13.2 Å². The number of hydrogen-bond donors (Lipinski definition) is 0. The van der Waals surface area contributed by atoms with Gasteiger partial charge in [0.1, 0.15) is 52.0 Å². The molecule has 4 aliphatic rings. The zero-order valence-electron chi connectivity index (χ0n) is 53.9. The molecule has 496 valence electrons. The van der Waals surface area contributed by atoms with Gasteiger partial charge in [0.15, 0.2) is 5.82 Å². The molecular weight excluding hydrogens is 1330 g/mol. The number of nitrogens with zero attached hydrogens (tertiary/aromatic N) is 5. The van der Waals surface area contributed by atoms with E-state index < -0.39 is 82.9 Å². The summed E-state index contributed by atoms with van der Waals surface area (Å²) in [6.07, 6.45) is -5.11. The first-order chi connectivity index (χ1) is 50.2. The highest BCUT2D eigenvalue weighted by Crippen LogP contribution is 2.55. The van der Waals surface area contributed by atoms with E-state index in [9.17, 15) is 0 Å². The summed E-state index contributed by atoms with van der Waals surface area (Å²) in [4.78, 5) is 7.73. The van der Waals surface area contributed by atoms with Crippen molar-refractivity contribution in [3.05, 3.63) is 344 Å². The Kier molecular flexibility index (Phi) is 15.1. The zero-order chi connectivity index (χ0) is 70.1. The Bertz CT molecular complexity index is 5610. The SMILES string of the molecule is Fc1cccc(F)c1N(c1ccccc1)c1cc2c3c(c1)N(c1ccccc1C(F)(F)F)c1c(cc4c(c1F)Sc1cc(N(c5ccc(-c6ccccc6)cc5)c5ccc(-c6ccccc6)cc5)cc5c1B4c1ccccc1N5c1c(F)cccc1F)B3c1ccccc1N2c1c(F)cccc1F. The maximum atomic E-state index is 20.4. The monoisotopic (exact) mass is 1380 g/mol. The molecule has 4 aliphatic heterocycles. The van der Waals surface area contributed by atoms with Crippen molar-refractivity contribution in [2.45, 2.75) is 16.0 Å². The molecule has 0 N–H and O–H groups in total. The normalized spacial score (nSPS) is 13.0. The van der Waals surface area contributed by atoms with Gasteiger partial charge in [0.05, 0.1) is 22.6 Å². The van der Waals surface area contributed by atoms with Gasteiger partial charge in [-0.05, 0) is 171 Å². The fourth-order valence-corrected chi connectivity index (χ4v) is 16.7. The summed E-state index contributed by atoms with van der Waals surface area (Å²) in [7, 11) is 0. The van der Waals surface area contributed by atoms with E-state index in [2.05, 4.69) is 0 Å². The van der Waals surface area contributed by atoms with Crippen LogP contribution in [0.15, 0.2) is 307 Å². The minimum Gasteiger partial charge on any atom is -0.310 e. The molecule has 0 spiro atoms. The lowest BCUT2D eigenvalue weighted by molar-refractivity contribution is -0.137. The topological polar surface area (TPSA) is 16.2 Å². The molecule has 0 atom stereocenters. The first-order valence-corrected chi connectivity index (χ1v) is 33.9. The molecule has 18 heteroatoms. The third-order valence-corrected chi connectivity index (χ3v) is 20.9. The summed E-state index contributed by atoms with van der Waals surface area (Å²) in [5.74, 6) is -6.81. The highest BCUT2D eigenvalue weighted by molar-refractivity contribution is 8.00. The molecular formula is C85H49B2F10N5S. The number of anilines is 15. The largest absolute Gasteiger partial charge is 0.418 e. The molecule has 0 aromatic heterocycles. The van der Waals surface area contributed by atoms with E-state index in [4.69, 9.17) is 0 Å². The Morgan fingerprint density at radius 1 is 0.291 bits per heavy atom. The van der Waals surface area contributed by atoms with Crippen molar-refractivity contribution in [2.75, 3.05) is 24.5 Å². The lowest BCUT2D eigenvalue weighted by Gasteiger charge is -2.46. The maximum Gasteiger partial charge on any atom is 0.418 e. The predicted octanol–water partition coefficient (Wildman–Crippen LogP) is 20.8. The van der Waals surface area contributed by atoms with Gasteiger partial charge in [0, 0.05) is 61.0 Å². The predicted molar refractivity (Wildman–Crippen MR) is 395 cm³/mol. The van der Waals surface area contributed by atoms with Crippen molar-refractivity contribution in [2.24, 2.45) is 0 Å². The molecule has 103 heavy (non-hydrogen) atoms. The van der Waals surface area contributed by atoms with Crippen molar-refractivity contribution >= 4 is 143 Å². The Morgan fingerprint density at radius 2 is 0.680 bits per heavy atom. The van der Waals surface area contributed by atoms with Crippen molar-refractivity contribution in [1.29, 1.82) is 0 Å². The van der Waals surface area contributed by atoms with E-state index in [1.54, 1.807) is 83.8 Å². The standard InChI is InChI=1S/C85H49B2F10N5S/c88-64-28-16-29-65(89)81(64)99(54-23-8-3-9-24-54)57-45-73-77-74(46-57)101(82-66(90)30-17-31-67(82)91)71-35-14-11-26-60(71)86(77)62-49-63-84(79(94)80(62)100(73)70-34-13-10-25-59(70)85(95,96)97)103-76-48-58(47-75-78(76)87(63)61-27-12-15-36-72(61)102(75)83-68(92)32-18-33-69(83)93)98(55-41-37-52(38-42-55)50-19-4-1-5-20-50)56-43-39-53(40-44-56)51-21-6-2-7-22-51/h1-49H. The fraction of sp³-hybridized carbons (Fsp3) is 0.0118. The molecule has 0 fully saturated rings. The van der Waals surface area contributed by atoms with Crippen molar-refractivity contribution in [3.8, 4) is 22.3 Å². The van der Waals surface area contributed by atoms with Crippen LogP contribution < -0.4 is 57.3 Å². The smallest absolute Gasteiger partial charge is 0.310 e. The Labute approximate surface area is 590 Å². The van der Waals surface area contributed by atoms with E-state index in [-0.39, 0.29) is 55.6 Å². The molecule has 0 aliphatic carbocycles. The average molecular weight is 1380 g/mol. The molecule has 0 unspecified atom stereocenters. The molecule has 0 amide bonds. The quantitative estimate of drug-likeness (QED) is 0.0941. The number of para-hydroxylation sites is 7. The molecule has 18 rings (SSSR count). The number of rotatable bonds is 11. The molecule has 0 saturated heterocycles. The average Bonchev–Trinajstić information content (AvgIpc) is 0.682. The van der Waals surface area contributed by atoms with Gasteiger partial charge >= 0.3 is 6.18 Å². The van der Waals surface area contributed by atoms with Crippen LogP contribution in [0.2, 0.25) is 0 Å². The van der Waals surface area contributed by atoms with Gasteiger partial charge in [-0.15, -0.1) is 0 Å². The molecule has 14 aromatic carbocycles. The van der Waals surface area contributed by atoms with Gasteiger partial charge in [0.25, 0.3) is 6.71 Å². The van der Waals surface area contributed by atoms with E-state index in [1.807, 2.05) is 132 Å². The van der Waals surface area contributed by atoms with Crippen LogP contribution in [0.3, 0.4) is 0 Å². The van der Waals surface area contributed by atoms with Crippen molar-refractivity contribution in [3.63, 3.8) is 0 Å². The highest BCUT2D eigenvalue weighted by atomic mass is 32.2. The van der Waals surface area contributed by atoms with E-state index in [0.29, 0.717) is 55.2 Å². The summed E-state index contributed by atoms with van der Waals surface area (Å²) in [6, 6.07) is 80.9. The zero-order valence-corrected chi connectivity index (χ0v) is 54.7. The van der Waals surface area contributed by atoms with E-state index >= 15 is 43.9 Å². The van der Waals surface area contributed by atoms with Crippen LogP contribution in [-0.2, 0) is 6.18 Å². The molecule has 14 aromatic rings. The Hall–Kier alpha value is -12.1. The highest BCUT2D eigenvalue weighted by Gasteiger charge is 2.51. The van der Waals surface area contributed by atoms with E-state index in [1.165, 1.54) is 75.4 Å². The Balaban J connectivity index is 0.937. The van der Waals surface area contributed by atoms with Gasteiger partial charge in [-0.1, -0.05) is 193 Å². The summed E-state index contributed by atoms with van der Waals surface area (Å²) >= 11 is 1.01. The number of halogens is 10. The minimum absolute atomic E-state index is 0.00143. The van der Waals surface area contributed by atoms with Crippen LogP contribution in [0.1, 0.15) is 5.56 Å². The molecule has 0 saturated carbocycles. The Morgan fingerprint density at radius 3 is 1.17 bits per heavy atom. The summed E-state index contributed by atoms with van der Waals surface area (Å²) in [5.41, 5.74) is 4.89. The van der Waals surface area contributed by atoms with E-state index in [0.717, 1.165) is 64.3 Å². The summed E-state index contributed by atoms with van der Waals surface area (Å²) in [5, 5.41) is 0. The number of fused-ring (bicyclic) bond motifs is 8. The van der Waals surface area contributed by atoms with Crippen LogP contribution in [0.4, 0.5) is 129 Å². The van der Waals surface area contributed by atoms with Gasteiger partial charge in [0.2, 0.25) is 6.71 Å². The van der Waals surface area contributed by atoms with Gasteiger partial charge in [-0.3, -0.25) is 0 Å². The van der Waals surface area contributed by atoms with Gasteiger partial charge in [-0.25, -0.2) is 30.7 Å². The van der Waals surface area contributed by atoms with Crippen molar-refractivity contribution in [1.82, 2.24) is 0 Å². The minimum atomic E-state index is -5.11. The van der Waals surface area contributed by atoms with Crippen LogP contribution in [0.25, 0.3) is 22.3 Å². The van der Waals surface area contributed by atoms with Crippen LogP contribution in [0, 0.1) is 40.7 Å². The number of benzene rings is 14. The lowest BCUT2D eigenvalue weighted by atomic mass is 9.31. The number of hydrogen-bond acceptors (Lipinski definition) is 6. The third-order valence-electron chi connectivity index (χ3n) is 19.7. The first kappa shape index (κ1) is 63.1. The fourth-order valence-electron chi connectivity index (χ4n) is 15.5. The molecule has 4 heterocycles. The molecule has 0 radical (unpaired) electrons. The maximum absolute atomic E-state index is 20.4. The van der Waals surface area contributed by atoms with Crippen LogP contribution in [0.5, 0.6) is 0 Å². The first-order valence-electron chi connectivity index (χ1n) is 33.1. The molecule has 5 nitrogen and oxygen atoms in total. The second-order valence-electron chi connectivity index (χ2n) is 25.5. The second kappa shape index (κ2) is 24.6. The van der Waals surface area contributed by atoms with Crippen molar-refractivity contribution < 1.29 is 43.9 Å². The third kappa shape index (κ3) is 10.2. The number of alkyl halides is 3. The van der Waals surface area contributed by atoms with Gasteiger partial charge < -0.3 is 24.5 Å². The van der Waals surface area contributed by atoms with Crippen LogP contribution >= 0.6 is 11.8 Å². The lowest BCUT2D eigenvalue weighted by Crippen LogP contribution is -2.65. The summed E-state index contributed by atoms with van der Waals surface area (Å²) in [6.45, 7) is -2.13. The van der Waals surface area contributed by atoms with Crippen LogP contribution in [-0.4, -0.2) is 13.4 Å². The molecule has 0 bridgehead atoms. The second-order valence-corrected chi connectivity index (χ2v) is 26.5.